The summed E-state index contributed by atoms with van der Waals surface area (Å²) in [6.07, 6.45) is 6.13. The van der Waals surface area contributed by atoms with Crippen molar-refractivity contribution in [2.24, 2.45) is 7.05 Å². The normalized spacial score (nSPS) is 11.0. The summed E-state index contributed by atoms with van der Waals surface area (Å²) in [5.41, 5.74) is 2.76. The average molecular weight is 254 g/mol. The molecule has 0 atom stereocenters. The van der Waals surface area contributed by atoms with Crippen LogP contribution in [-0.2, 0) is 24.7 Å². The lowest BCUT2D eigenvalue weighted by Crippen LogP contribution is -2.12. The van der Waals surface area contributed by atoms with Gasteiger partial charge in [0.05, 0.1) is 0 Å². The summed E-state index contributed by atoms with van der Waals surface area (Å²) in [6.45, 7) is 0. The number of Topliss-reactive ketones (excluding diaryl/α,β-unsaturated/α-hetero) is 1. The fourth-order valence-corrected chi connectivity index (χ4v) is 2.19. The zero-order chi connectivity index (χ0) is 13.2. The second kappa shape index (κ2) is 4.68. The standard InChI is InChI=1S/C14H14N4O/c1-17-11(5-6-16-17)9-13(19)10-12-3-2-4-14-15-7-8-18(12)14/h2-8H,9-10H2,1H3. The fourth-order valence-electron chi connectivity index (χ4n) is 2.19. The van der Waals surface area contributed by atoms with Gasteiger partial charge in [0.25, 0.3) is 0 Å². The van der Waals surface area contributed by atoms with E-state index in [1.54, 1.807) is 17.1 Å². The number of carbonyl (C=O) groups excluding carboxylic acids is 1. The highest BCUT2D eigenvalue weighted by Gasteiger charge is 2.10. The lowest BCUT2D eigenvalue weighted by atomic mass is 10.1. The van der Waals surface area contributed by atoms with Gasteiger partial charge in [-0.2, -0.15) is 5.10 Å². The zero-order valence-corrected chi connectivity index (χ0v) is 10.7. The quantitative estimate of drug-likeness (QED) is 0.707. The molecule has 3 rings (SSSR count). The number of aryl methyl sites for hydroxylation is 1. The van der Waals surface area contributed by atoms with Gasteiger partial charge in [-0.3, -0.25) is 9.48 Å². The summed E-state index contributed by atoms with van der Waals surface area (Å²) < 4.78 is 3.68. The van der Waals surface area contributed by atoms with Crippen molar-refractivity contribution >= 4 is 11.4 Å². The van der Waals surface area contributed by atoms with E-state index in [0.717, 1.165) is 17.0 Å². The lowest BCUT2D eigenvalue weighted by molar-refractivity contribution is -0.117. The molecule has 3 aromatic rings. The largest absolute Gasteiger partial charge is 0.304 e. The maximum absolute atomic E-state index is 12.1. The molecule has 0 aromatic carbocycles. The van der Waals surface area contributed by atoms with Crippen molar-refractivity contribution in [1.29, 1.82) is 0 Å². The molecule has 19 heavy (non-hydrogen) atoms. The predicted molar refractivity (Wildman–Crippen MR) is 70.8 cm³/mol. The Morgan fingerprint density at radius 1 is 1.16 bits per heavy atom. The smallest absolute Gasteiger partial charge is 0.144 e. The Labute approximate surface area is 110 Å². The number of hydrogen-bond donors (Lipinski definition) is 0. The predicted octanol–water partition coefficient (Wildman–Crippen LogP) is 1.42. The molecule has 0 fully saturated rings. The van der Waals surface area contributed by atoms with Crippen molar-refractivity contribution in [2.75, 3.05) is 0 Å². The summed E-state index contributed by atoms with van der Waals surface area (Å²) in [4.78, 5) is 16.3. The monoisotopic (exact) mass is 254 g/mol. The van der Waals surface area contributed by atoms with Gasteiger partial charge in [0.1, 0.15) is 11.4 Å². The minimum absolute atomic E-state index is 0.171. The highest BCUT2D eigenvalue weighted by atomic mass is 16.1. The van der Waals surface area contributed by atoms with Gasteiger partial charge in [0.2, 0.25) is 0 Å². The van der Waals surface area contributed by atoms with Crippen molar-refractivity contribution in [3.8, 4) is 0 Å². The molecule has 0 radical (unpaired) electrons. The Hall–Kier alpha value is -2.43. The van der Waals surface area contributed by atoms with Gasteiger partial charge in [-0.1, -0.05) is 6.07 Å². The molecular formula is C14H14N4O. The number of hydrogen-bond acceptors (Lipinski definition) is 3. The highest BCUT2D eigenvalue weighted by molar-refractivity contribution is 5.82. The van der Waals surface area contributed by atoms with Gasteiger partial charge in [-0.05, 0) is 18.2 Å². The van der Waals surface area contributed by atoms with Crippen molar-refractivity contribution in [2.45, 2.75) is 12.8 Å². The Balaban J connectivity index is 1.80. The molecule has 0 amide bonds. The lowest BCUT2D eigenvalue weighted by Gasteiger charge is -2.05. The average Bonchev–Trinajstić information content (AvgIpc) is 3.00. The molecule has 3 heterocycles. The van der Waals surface area contributed by atoms with Crippen LogP contribution in [0.25, 0.3) is 5.65 Å². The summed E-state index contributed by atoms with van der Waals surface area (Å²) in [7, 11) is 1.85. The van der Waals surface area contributed by atoms with Crippen LogP contribution in [0, 0.1) is 0 Å². The van der Waals surface area contributed by atoms with Crippen molar-refractivity contribution in [3.05, 3.63) is 54.2 Å². The van der Waals surface area contributed by atoms with Gasteiger partial charge in [0, 0.05) is 49.9 Å². The number of imidazole rings is 1. The van der Waals surface area contributed by atoms with Crippen LogP contribution in [0.2, 0.25) is 0 Å². The molecule has 5 nitrogen and oxygen atoms in total. The maximum Gasteiger partial charge on any atom is 0.144 e. The summed E-state index contributed by atoms with van der Waals surface area (Å²) in [5.74, 6) is 0.171. The van der Waals surface area contributed by atoms with E-state index in [2.05, 4.69) is 10.1 Å². The van der Waals surface area contributed by atoms with Gasteiger partial charge < -0.3 is 4.40 Å². The molecule has 0 bridgehead atoms. The van der Waals surface area contributed by atoms with Crippen molar-refractivity contribution < 1.29 is 4.79 Å². The van der Waals surface area contributed by atoms with Crippen LogP contribution >= 0.6 is 0 Å². The third-order valence-corrected chi connectivity index (χ3v) is 3.19. The molecule has 96 valence electrons. The molecule has 0 aliphatic carbocycles. The van der Waals surface area contributed by atoms with Gasteiger partial charge in [-0.15, -0.1) is 0 Å². The van der Waals surface area contributed by atoms with Crippen LogP contribution in [-0.4, -0.2) is 24.9 Å². The Morgan fingerprint density at radius 3 is 2.79 bits per heavy atom. The van der Waals surface area contributed by atoms with E-state index in [0.29, 0.717) is 12.8 Å². The van der Waals surface area contributed by atoms with Crippen LogP contribution in [0.5, 0.6) is 0 Å². The summed E-state index contributed by atoms with van der Waals surface area (Å²) in [5, 5.41) is 4.07. The minimum Gasteiger partial charge on any atom is -0.304 e. The first-order valence-corrected chi connectivity index (χ1v) is 6.13. The van der Waals surface area contributed by atoms with E-state index in [1.807, 2.05) is 41.9 Å². The number of ketones is 1. The van der Waals surface area contributed by atoms with E-state index in [4.69, 9.17) is 0 Å². The number of rotatable bonds is 4. The molecule has 5 heteroatoms. The van der Waals surface area contributed by atoms with Crippen LogP contribution in [0.3, 0.4) is 0 Å². The fraction of sp³-hybridized carbons (Fsp3) is 0.214. The van der Waals surface area contributed by atoms with Gasteiger partial charge in [-0.25, -0.2) is 4.98 Å². The number of nitrogens with zero attached hydrogens (tertiary/aromatic N) is 4. The zero-order valence-electron chi connectivity index (χ0n) is 10.7. The highest BCUT2D eigenvalue weighted by Crippen LogP contribution is 2.08. The first-order valence-electron chi connectivity index (χ1n) is 6.13. The molecular weight excluding hydrogens is 240 g/mol. The van der Waals surface area contributed by atoms with E-state index >= 15 is 0 Å². The topological polar surface area (TPSA) is 52.2 Å². The molecule has 3 aromatic heterocycles. The molecule has 0 aliphatic heterocycles. The second-order valence-electron chi connectivity index (χ2n) is 4.51. The van der Waals surface area contributed by atoms with Crippen LogP contribution in [0.1, 0.15) is 11.4 Å². The third kappa shape index (κ3) is 2.27. The van der Waals surface area contributed by atoms with Gasteiger partial charge >= 0.3 is 0 Å². The van der Waals surface area contributed by atoms with E-state index in [9.17, 15) is 4.79 Å². The van der Waals surface area contributed by atoms with E-state index in [-0.39, 0.29) is 5.78 Å². The Bertz CT molecular complexity index is 726. The first kappa shape index (κ1) is 11.6. The van der Waals surface area contributed by atoms with Crippen molar-refractivity contribution in [3.63, 3.8) is 0 Å². The number of fused-ring (bicyclic) bond motifs is 1. The molecule has 0 aliphatic rings. The molecule has 0 saturated carbocycles. The van der Waals surface area contributed by atoms with Gasteiger partial charge in [0.15, 0.2) is 0 Å². The van der Waals surface area contributed by atoms with E-state index < -0.39 is 0 Å². The van der Waals surface area contributed by atoms with Crippen molar-refractivity contribution in [1.82, 2.24) is 19.2 Å². The number of aromatic nitrogens is 4. The third-order valence-electron chi connectivity index (χ3n) is 3.19. The first-order chi connectivity index (χ1) is 9.24. The maximum atomic E-state index is 12.1. The van der Waals surface area contributed by atoms with Crippen LogP contribution < -0.4 is 0 Å². The molecule has 0 N–H and O–H groups in total. The van der Waals surface area contributed by atoms with Crippen LogP contribution in [0.4, 0.5) is 0 Å². The molecule has 0 spiro atoms. The molecule has 0 saturated heterocycles. The minimum atomic E-state index is 0.171. The van der Waals surface area contributed by atoms with Crippen LogP contribution in [0.15, 0.2) is 42.9 Å². The van der Waals surface area contributed by atoms with E-state index in [1.165, 1.54) is 0 Å². The molecule has 0 unspecified atom stereocenters. The number of pyridine rings is 1. The summed E-state index contributed by atoms with van der Waals surface area (Å²) >= 11 is 0. The SMILES string of the molecule is Cn1nccc1CC(=O)Cc1cccc2nccn12. The second-order valence-corrected chi connectivity index (χ2v) is 4.51. The summed E-state index contributed by atoms with van der Waals surface area (Å²) in [6, 6.07) is 7.68. The Kier molecular flexibility index (Phi) is 2.87. The number of carbonyl (C=O) groups is 1. The Morgan fingerprint density at radius 2 is 2.00 bits per heavy atom.